The molecule has 3 fully saturated rings. The molecule has 0 radical (unpaired) electrons. The van der Waals surface area contributed by atoms with E-state index in [2.05, 4.69) is 24.3 Å². The van der Waals surface area contributed by atoms with Crippen LogP contribution < -0.4 is 9.64 Å². The fourth-order valence-corrected chi connectivity index (χ4v) is 6.24. The molecule has 5 aliphatic rings. The highest BCUT2D eigenvalue weighted by Crippen LogP contribution is 2.65. The molecule has 0 unspecified atom stereocenters. The van der Waals surface area contributed by atoms with Gasteiger partial charge in [0.05, 0.1) is 17.5 Å². The highest BCUT2D eigenvalue weighted by atomic mass is 16.5. The van der Waals surface area contributed by atoms with Gasteiger partial charge in [-0.05, 0) is 77.3 Å². The van der Waals surface area contributed by atoms with Gasteiger partial charge in [-0.1, -0.05) is 42.5 Å². The first-order valence-electron chi connectivity index (χ1n) is 11.0. The molecule has 2 saturated carbocycles. The van der Waals surface area contributed by atoms with Crippen molar-refractivity contribution in [3.8, 4) is 11.5 Å². The summed E-state index contributed by atoms with van der Waals surface area (Å²) in [6, 6.07) is 21.4. The van der Waals surface area contributed by atoms with Crippen LogP contribution in [0.15, 0.2) is 78.9 Å². The maximum absolute atomic E-state index is 13.2. The number of nitrogens with zero attached hydrogens (tertiary/aromatic N) is 1. The third-order valence-electron chi connectivity index (χ3n) is 7.71. The summed E-state index contributed by atoms with van der Waals surface area (Å²) in [6.45, 7) is 0. The topological polar surface area (TPSA) is 46.6 Å². The molecule has 0 spiro atoms. The van der Waals surface area contributed by atoms with Gasteiger partial charge in [-0.2, -0.15) is 0 Å². The van der Waals surface area contributed by atoms with Gasteiger partial charge in [-0.15, -0.1) is 0 Å². The summed E-state index contributed by atoms with van der Waals surface area (Å²) in [4.78, 5) is 27.9. The molecule has 0 N–H and O–H groups in total. The second-order valence-corrected chi connectivity index (χ2v) is 9.27. The Bertz CT molecular complexity index is 1240. The van der Waals surface area contributed by atoms with Crippen molar-refractivity contribution in [3.05, 3.63) is 78.9 Å². The highest BCUT2D eigenvalue weighted by molar-refractivity contribution is 6.22. The van der Waals surface area contributed by atoms with E-state index in [0.29, 0.717) is 23.3 Å². The second kappa shape index (κ2) is 6.07. The number of carbonyl (C=O) groups is 2. The van der Waals surface area contributed by atoms with E-state index in [1.165, 1.54) is 16.7 Å². The van der Waals surface area contributed by atoms with Gasteiger partial charge >= 0.3 is 0 Å². The molecule has 31 heavy (non-hydrogen) atoms. The summed E-state index contributed by atoms with van der Waals surface area (Å²) in [6.07, 6.45) is 5.58. The van der Waals surface area contributed by atoms with Crippen molar-refractivity contribution < 1.29 is 14.3 Å². The van der Waals surface area contributed by atoms with Crippen LogP contribution in [0.25, 0.3) is 10.8 Å². The number of ether oxygens (including phenoxy) is 1. The van der Waals surface area contributed by atoms with Gasteiger partial charge in [-0.3, -0.25) is 14.5 Å². The third kappa shape index (κ3) is 2.42. The van der Waals surface area contributed by atoms with Crippen LogP contribution in [-0.4, -0.2) is 11.8 Å². The number of anilines is 1. The number of rotatable bonds is 3. The lowest BCUT2D eigenvalue weighted by molar-refractivity contribution is -0.124. The van der Waals surface area contributed by atoms with Crippen molar-refractivity contribution in [1.29, 1.82) is 0 Å². The van der Waals surface area contributed by atoms with E-state index in [-0.39, 0.29) is 35.5 Å². The lowest BCUT2D eigenvalue weighted by atomic mass is 9.63. The van der Waals surface area contributed by atoms with Gasteiger partial charge in [0, 0.05) is 0 Å². The molecule has 8 rings (SSSR count). The van der Waals surface area contributed by atoms with E-state index in [1.54, 1.807) is 0 Å². The Kier molecular flexibility index (Phi) is 3.39. The Balaban J connectivity index is 1.15. The van der Waals surface area contributed by atoms with Crippen LogP contribution in [0.4, 0.5) is 5.69 Å². The molecule has 2 bridgehead atoms. The smallest absolute Gasteiger partial charge is 0.238 e. The maximum atomic E-state index is 13.2. The van der Waals surface area contributed by atoms with E-state index in [0.717, 1.165) is 11.1 Å². The SMILES string of the molecule is O=C1[C@@H]2[C@H]3C=C[C@@H]([C@@H]4C[C@@H]34)[C@H]2C(=O)N1c1ccc(Oc2ccc3ccccc3c2)cc1. The van der Waals surface area contributed by atoms with Crippen LogP contribution >= 0.6 is 0 Å². The summed E-state index contributed by atoms with van der Waals surface area (Å²) in [5.74, 6) is 2.78. The summed E-state index contributed by atoms with van der Waals surface area (Å²) >= 11 is 0. The first kappa shape index (κ1) is 17.3. The van der Waals surface area contributed by atoms with Crippen LogP contribution in [0.2, 0.25) is 0 Å². The van der Waals surface area contributed by atoms with Crippen molar-refractivity contribution in [1.82, 2.24) is 0 Å². The Morgan fingerprint density at radius 2 is 1.32 bits per heavy atom. The van der Waals surface area contributed by atoms with E-state index in [9.17, 15) is 9.59 Å². The first-order valence-corrected chi connectivity index (χ1v) is 11.0. The number of hydrogen-bond acceptors (Lipinski definition) is 3. The van der Waals surface area contributed by atoms with Crippen LogP contribution in [-0.2, 0) is 9.59 Å². The van der Waals surface area contributed by atoms with Crippen molar-refractivity contribution in [2.75, 3.05) is 4.90 Å². The van der Waals surface area contributed by atoms with Crippen LogP contribution in [0.5, 0.6) is 11.5 Å². The number of imide groups is 1. The lowest BCUT2D eigenvalue weighted by Crippen LogP contribution is -2.40. The molecule has 4 aliphatic carbocycles. The van der Waals surface area contributed by atoms with E-state index >= 15 is 0 Å². The quantitative estimate of drug-likeness (QED) is 0.443. The monoisotopic (exact) mass is 407 g/mol. The molecule has 3 aromatic rings. The fourth-order valence-electron chi connectivity index (χ4n) is 6.24. The van der Waals surface area contributed by atoms with E-state index < -0.39 is 0 Å². The Morgan fingerprint density at radius 1 is 0.710 bits per heavy atom. The minimum absolute atomic E-state index is 0.0251. The van der Waals surface area contributed by atoms with Crippen molar-refractivity contribution >= 4 is 28.3 Å². The molecule has 1 saturated heterocycles. The van der Waals surface area contributed by atoms with Crippen molar-refractivity contribution in [2.24, 2.45) is 35.5 Å². The summed E-state index contributed by atoms with van der Waals surface area (Å²) in [5.41, 5.74) is 0.642. The van der Waals surface area contributed by atoms with Gasteiger partial charge in [0.1, 0.15) is 11.5 Å². The normalized spacial score (nSPS) is 32.3. The summed E-state index contributed by atoms with van der Waals surface area (Å²) in [5, 5.41) is 2.28. The van der Waals surface area contributed by atoms with Gasteiger partial charge in [0.25, 0.3) is 0 Å². The average molecular weight is 407 g/mol. The van der Waals surface area contributed by atoms with E-state index in [1.807, 2.05) is 54.6 Å². The van der Waals surface area contributed by atoms with Gasteiger partial charge < -0.3 is 4.74 Å². The summed E-state index contributed by atoms with van der Waals surface area (Å²) < 4.78 is 6.02. The zero-order chi connectivity index (χ0) is 20.7. The molecule has 152 valence electrons. The third-order valence-corrected chi connectivity index (χ3v) is 7.71. The first-order chi connectivity index (χ1) is 15.2. The largest absolute Gasteiger partial charge is 0.457 e. The number of allylic oxidation sites excluding steroid dienone is 2. The second-order valence-electron chi connectivity index (χ2n) is 9.27. The predicted octanol–water partition coefficient (Wildman–Crippen LogP) is 5.19. The van der Waals surface area contributed by atoms with Crippen LogP contribution in [0, 0.1) is 35.5 Å². The number of hydrogen-bond donors (Lipinski definition) is 0. The molecule has 1 heterocycles. The summed E-state index contributed by atoms with van der Waals surface area (Å²) in [7, 11) is 0. The zero-order valence-electron chi connectivity index (χ0n) is 16.8. The Morgan fingerprint density at radius 3 is 2.00 bits per heavy atom. The number of amides is 2. The molecular formula is C27H21NO3. The van der Waals surface area contributed by atoms with Gasteiger partial charge in [-0.25, -0.2) is 0 Å². The van der Waals surface area contributed by atoms with Crippen LogP contribution in [0.1, 0.15) is 6.42 Å². The number of fused-ring (bicyclic) bond motifs is 1. The van der Waals surface area contributed by atoms with Crippen LogP contribution in [0.3, 0.4) is 0 Å². The number of carbonyl (C=O) groups excluding carboxylic acids is 2. The molecule has 3 aromatic carbocycles. The maximum Gasteiger partial charge on any atom is 0.238 e. The van der Waals surface area contributed by atoms with Crippen molar-refractivity contribution in [3.63, 3.8) is 0 Å². The highest BCUT2D eigenvalue weighted by Gasteiger charge is 2.67. The van der Waals surface area contributed by atoms with E-state index in [4.69, 9.17) is 4.74 Å². The minimum atomic E-state index is -0.167. The Hall–Kier alpha value is -3.40. The van der Waals surface area contributed by atoms with Gasteiger partial charge in [0.2, 0.25) is 11.8 Å². The van der Waals surface area contributed by atoms with Gasteiger partial charge in [0.15, 0.2) is 0 Å². The standard InChI is InChI=1S/C27H21NO3/c29-26-24-20-11-12-21(23-14-22(20)23)25(24)27(30)28(26)17-6-9-18(10-7-17)31-19-8-5-15-3-1-2-4-16(15)13-19/h1-13,20-25H,14H2/t20-,21-,22-,23-,24+,25+/m0/s1. The zero-order valence-corrected chi connectivity index (χ0v) is 16.8. The molecule has 2 amide bonds. The Labute approximate surface area is 180 Å². The molecule has 1 aliphatic heterocycles. The average Bonchev–Trinajstić information content (AvgIpc) is 3.58. The fraction of sp³-hybridized carbons (Fsp3) is 0.259. The molecular weight excluding hydrogens is 386 g/mol. The minimum Gasteiger partial charge on any atom is -0.457 e. The number of benzene rings is 3. The van der Waals surface area contributed by atoms with Crippen molar-refractivity contribution in [2.45, 2.75) is 6.42 Å². The molecule has 6 atom stereocenters. The molecule has 4 nitrogen and oxygen atoms in total. The molecule has 0 aromatic heterocycles. The predicted molar refractivity (Wildman–Crippen MR) is 118 cm³/mol. The lowest BCUT2D eigenvalue weighted by Gasteiger charge is -2.37. The molecule has 4 heteroatoms.